The second-order valence-electron chi connectivity index (χ2n) is 10.2. The number of hydrogen-bond donors (Lipinski definition) is 1. The van der Waals surface area contributed by atoms with Crippen LogP contribution in [0.2, 0.25) is 0 Å². The summed E-state index contributed by atoms with van der Waals surface area (Å²) < 4.78 is 8.35. The summed E-state index contributed by atoms with van der Waals surface area (Å²) in [6.07, 6.45) is 3.95. The SMILES string of the molecule is Cc1ccc(Oc2ccc(N3C(=S)NC(c4ccccn4)C3c3cccn3-c3ccc4ccccc4c3)cc2)cc1. The predicted molar refractivity (Wildman–Crippen MR) is 169 cm³/mol. The Morgan fingerprint density at radius 3 is 2.20 bits per heavy atom. The van der Waals surface area contributed by atoms with Gasteiger partial charge in [0.05, 0.1) is 11.7 Å². The summed E-state index contributed by atoms with van der Waals surface area (Å²) in [5.74, 6) is 1.58. The highest BCUT2D eigenvalue weighted by molar-refractivity contribution is 7.80. The summed E-state index contributed by atoms with van der Waals surface area (Å²) in [5.41, 5.74) is 5.33. The van der Waals surface area contributed by atoms with Gasteiger partial charge in [-0.2, -0.15) is 0 Å². The monoisotopic (exact) mass is 552 g/mol. The first kappa shape index (κ1) is 25.1. The van der Waals surface area contributed by atoms with Crippen molar-refractivity contribution in [2.24, 2.45) is 0 Å². The zero-order chi connectivity index (χ0) is 27.8. The molecule has 1 N–H and O–H groups in total. The van der Waals surface area contributed by atoms with Gasteiger partial charge in [-0.3, -0.25) is 4.98 Å². The summed E-state index contributed by atoms with van der Waals surface area (Å²) in [6.45, 7) is 2.07. The van der Waals surface area contributed by atoms with Crippen LogP contribution in [0.3, 0.4) is 0 Å². The number of nitrogens with one attached hydrogen (secondary N) is 1. The van der Waals surface area contributed by atoms with Gasteiger partial charge in [0.15, 0.2) is 5.11 Å². The van der Waals surface area contributed by atoms with E-state index in [0.717, 1.165) is 34.3 Å². The van der Waals surface area contributed by atoms with Crippen LogP contribution in [0.4, 0.5) is 5.69 Å². The molecule has 41 heavy (non-hydrogen) atoms. The van der Waals surface area contributed by atoms with E-state index in [-0.39, 0.29) is 12.1 Å². The lowest BCUT2D eigenvalue weighted by Gasteiger charge is -2.29. The number of pyridine rings is 1. The van der Waals surface area contributed by atoms with Gasteiger partial charge in [-0.25, -0.2) is 0 Å². The smallest absolute Gasteiger partial charge is 0.174 e. The van der Waals surface area contributed by atoms with E-state index < -0.39 is 0 Å². The lowest BCUT2D eigenvalue weighted by atomic mass is 10.0. The Morgan fingerprint density at radius 2 is 1.44 bits per heavy atom. The molecule has 1 saturated heterocycles. The Bertz CT molecular complexity index is 1830. The van der Waals surface area contributed by atoms with E-state index >= 15 is 0 Å². The Kier molecular flexibility index (Phi) is 6.45. The van der Waals surface area contributed by atoms with Crippen molar-refractivity contribution in [2.45, 2.75) is 19.0 Å². The fraction of sp³-hybridized carbons (Fsp3) is 0.0857. The first-order chi connectivity index (χ1) is 20.1. The van der Waals surface area contributed by atoms with Crippen LogP contribution in [0.1, 0.15) is 29.0 Å². The van der Waals surface area contributed by atoms with Crippen LogP contribution in [0.5, 0.6) is 11.5 Å². The van der Waals surface area contributed by atoms with Crippen LogP contribution in [-0.4, -0.2) is 14.7 Å². The highest BCUT2D eigenvalue weighted by Crippen LogP contribution is 2.43. The molecule has 200 valence electrons. The van der Waals surface area contributed by atoms with Crippen LogP contribution in [0.15, 0.2) is 134 Å². The van der Waals surface area contributed by atoms with Gasteiger partial charge >= 0.3 is 0 Å². The molecule has 4 aromatic carbocycles. The minimum atomic E-state index is -0.138. The van der Waals surface area contributed by atoms with E-state index in [0.29, 0.717) is 5.11 Å². The summed E-state index contributed by atoms with van der Waals surface area (Å²) in [6, 6.07) is 41.2. The van der Waals surface area contributed by atoms with Crippen molar-refractivity contribution in [3.8, 4) is 17.2 Å². The van der Waals surface area contributed by atoms with Crippen molar-refractivity contribution in [1.29, 1.82) is 0 Å². The maximum absolute atomic E-state index is 6.10. The summed E-state index contributed by atoms with van der Waals surface area (Å²) in [4.78, 5) is 6.91. The van der Waals surface area contributed by atoms with Gasteiger partial charge in [0.25, 0.3) is 0 Å². The molecule has 0 radical (unpaired) electrons. The molecule has 0 aliphatic carbocycles. The normalized spacial score (nSPS) is 16.6. The molecule has 0 spiro atoms. The molecular formula is C35H28N4OS. The molecule has 0 bridgehead atoms. The molecule has 3 heterocycles. The second-order valence-corrected chi connectivity index (χ2v) is 10.6. The van der Waals surface area contributed by atoms with Gasteiger partial charge in [-0.05, 0) is 103 Å². The number of ether oxygens (including phenoxy) is 1. The largest absolute Gasteiger partial charge is 0.457 e. The van der Waals surface area contributed by atoms with Crippen LogP contribution >= 0.6 is 12.2 Å². The average Bonchev–Trinajstić information content (AvgIpc) is 3.63. The van der Waals surface area contributed by atoms with Gasteiger partial charge in [-0.1, -0.05) is 54.1 Å². The lowest BCUT2D eigenvalue weighted by Crippen LogP contribution is -2.30. The van der Waals surface area contributed by atoms with E-state index in [4.69, 9.17) is 21.9 Å². The number of rotatable bonds is 6. The average molecular weight is 553 g/mol. The zero-order valence-corrected chi connectivity index (χ0v) is 23.3. The van der Waals surface area contributed by atoms with Crippen molar-refractivity contribution < 1.29 is 4.74 Å². The molecule has 6 heteroatoms. The Balaban J connectivity index is 1.28. The number of benzene rings is 4. The second kappa shape index (κ2) is 10.6. The first-order valence-corrected chi connectivity index (χ1v) is 14.1. The number of hydrogen-bond acceptors (Lipinski definition) is 3. The van der Waals surface area contributed by atoms with Crippen molar-refractivity contribution in [1.82, 2.24) is 14.9 Å². The molecular weight excluding hydrogens is 524 g/mol. The van der Waals surface area contributed by atoms with Crippen molar-refractivity contribution >= 4 is 33.8 Å². The number of fused-ring (bicyclic) bond motifs is 1. The molecule has 0 amide bonds. The van der Waals surface area contributed by atoms with E-state index in [1.54, 1.807) is 0 Å². The van der Waals surface area contributed by atoms with Crippen molar-refractivity contribution in [2.75, 3.05) is 4.90 Å². The topological polar surface area (TPSA) is 42.3 Å². The molecule has 1 aliphatic heterocycles. The maximum atomic E-state index is 6.10. The fourth-order valence-corrected chi connectivity index (χ4v) is 5.89. The Hall–Kier alpha value is -4.94. The molecule has 5 nitrogen and oxygen atoms in total. The number of aromatic nitrogens is 2. The van der Waals surface area contributed by atoms with Crippen LogP contribution in [-0.2, 0) is 0 Å². The molecule has 2 unspecified atom stereocenters. The number of nitrogens with zero attached hydrogens (tertiary/aromatic N) is 3. The van der Waals surface area contributed by atoms with Gasteiger partial charge < -0.3 is 19.5 Å². The standard InChI is InChI=1S/C35H28N4OS/c1-24-11-17-29(18-12-24)40-30-19-15-27(16-20-30)39-34(33(37-35(39)41)31-9-4-5-21-36-31)32-10-6-22-38(32)28-14-13-25-7-2-3-8-26(25)23-28/h2-23,33-34H,1H3,(H,37,41). The van der Waals surface area contributed by atoms with Gasteiger partial charge in [0.2, 0.25) is 0 Å². The molecule has 7 rings (SSSR count). The summed E-state index contributed by atoms with van der Waals surface area (Å²) in [5, 5.41) is 6.65. The van der Waals surface area contributed by atoms with E-state index in [9.17, 15) is 0 Å². The van der Waals surface area contributed by atoms with E-state index in [1.165, 1.54) is 16.3 Å². The molecule has 0 saturated carbocycles. The maximum Gasteiger partial charge on any atom is 0.174 e. The lowest BCUT2D eigenvalue weighted by molar-refractivity contribution is 0.482. The number of thiocarbonyl (C=S) groups is 1. The van der Waals surface area contributed by atoms with Crippen LogP contribution < -0.4 is 15.0 Å². The van der Waals surface area contributed by atoms with Crippen molar-refractivity contribution in [3.05, 3.63) is 151 Å². The summed E-state index contributed by atoms with van der Waals surface area (Å²) >= 11 is 5.97. The predicted octanol–water partition coefficient (Wildman–Crippen LogP) is 8.30. The van der Waals surface area contributed by atoms with Crippen molar-refractivity contribution in [3.63, 3.8) is 0 Å². The molecule has 2 atom stereocenters. The Morgan fingerprint density at radius 1 is 0.732 bits per heavy atom. The van der Waals surface area contributed by atoms with Gasteiger partial charge in [0.1, 0.15) is 17.5 Å². The van der Waals surface area contributed by atoms with Crippen LogP contribution in [0.25, 0.3) is 16.5 Å². The molecule has 2 aromatic heterocycles. The number of anilines is 1. The minimum absolute atomic E-state index is 0.136. The first-order valence-electron chi connectivity index (χ1n) is 13.7. The highest BCUT2D eigenvalue weighted by Gasteiger charge is 2.42. The Labute approximate surface area is 244 Å². The third kappa shape index (κ3) is 4.83. The molecule has 6 aromatic rings. The molecule has 1 aliphatic rings. The van der Waals surface area contributed by atoms with E-state index in [2.05, 4.69) is 101 Å². The third-order valence-corrected chi connectivity index (χ3v) is 7.88. The number of aryl methyl sites for hydroxylation is 1. The van der Waals surface area contributed by atoms with Gasteiger partial charge in [-0.15, -0.1) is 0 Å². The molecule has 1 fully saturated rings. The van der Waals surface area contributed by atoms with Crippen LogP contribution in [0, 0.1) is 6.92 Å². The summed E-state index contributed by atoms with van der Waals surface area (Å²) in [7, 11) is 0. The highest BCUT2D eigenvalue weighted by atomic mass is 32.1. The fourth-order valence-electron chi connectivity index (χ4n) is 5.55. The minimum Gasteiger partial charge on any atom is -0.457 e. The third-order valence-electron chi connectivity index (χ3n) is 7.56. The zero-order valence-electron chi connectivity index (χ0n) is 22.5. The van der Waals surface area contributed by atoms with E-state index in [1.807, 2.05) is 54.7 Å². The quantitative estimate of drug-likeness (QED) is 0.211. The van der Waals surface area contributed by atoms with Gasteiger partial charge in [0, 0.05) is 29.5 Å².